The predicted octanol–water partition coefficient (Wildman–Crippen LogP) is 7.18. The Kier molecular flexibility index (Phi) is 9.66. The van der Waals surface area contributed by atoms with Crippen molar-refractivity contribution in [2.75, 3.05) is 6.54 Å². The predicted molar refractivity (Wildman–Crippen MR) is 137 cm³/mol. The van der Waals surface area contributed by atoms with Gasteiger partial charge in [0.05, 0.1) is 0 Å². The molecule has 0 saturated heterocycles. The summed E-state index contributed by atoms with van der Waals surface area (Å²) in [4.78, 5) is 0. The third-order valence-electron chi connectivity index (χ3n) is 4.87. The molecule has 31 heavy (non-hydrogen) atoms. The second-order valence-corrected chi connectivity index (χ2v) is 7.12. The molecule has 0 aliphatic rings. The van der Waals surface area contributed by atoms with E-state index in [1.165, 1.54) is 11.1 Å². The van der Waals surface area contributed by atoms with Crippen molar-refractivity contribution in [1.82, 2.24) is 5.32 Å². The minimum atomic E-state index is 0.229. The molecule has 2 aromatic rings. The number of hydrogen-bond donors (Lipinski definition) is 1. The summed E-state index contributed by atoms with van der Waals surface area (Å²) in [5, 5.41) is 3.42. The molecule has 0 heterocycles. The summed E-state index contributed by atoms with van der Waals surface area (Å²) in [5.74, 6) is 6.89. The van der Waals surface area contributed by atoms with Gasteiger partial charge in [-0.15, -0.1) is 0 Å². The first-order valence-electron chi connectivity index (χ1n) is 10.5. The van der Waals surface area contributed by atoms with Crippen LogP contribution < -0.4 is 5.32 Å². The molecule has 2 aromatic carbocycles. The quantitative estimate of drug-likeness (QED) is 0.344. The molecule has 0 bridgehead atoms. The Morgan fingerprint density at radius 2 is 1.77 bits per heavy atom. The highest BCUT2D eigenvalue weighted by Gasteiger charge is 2.09. The van der Waals surface area contributed by atoms with Gasteiger partial charge in [0.2, 0.25) is 0 Å². The minimum absolute atomic E-state index is 0.229. The lowest BCUT2D eigenvalue weighted by atomic mass is 9.93. The van der Waals surface area contributed by atoms with Crippen LogP contribution in [0.3, 0.4) is 0 Å². The van der Waals surface area contributed by atoms with E-state index in [4.69, 9.17) is 0 Å². The highest BCUT2D eigenvalue weighted by Crippen LogP contribution is 2.24. The van der Waals surface area contributed by atoms with E-state index in [0.717, 1.165) is 22.4 Å². The average Bonchev–Trinajstić information content (AvgIpc) is 2.81. The summed E-state index contributed by atoms with van der Waals surface area (Å²) in [6.45, 7) is 16.6. The molecule has 1 nitrogen and oxygen atoms in total. The normalized spacial score (nSPS) is 12.3. The van der Waals surface area contributed by atoms with Crippen molar-refractivity contribution in [3.05, 3.63) is 139 Å². The Balaban J connectivity index is 2.33. The Morgan fingerprint density at radius 3 is 2.45 bits per heavy atom. The number of benzene rings is 2. The summed E-state index contributed by atoms with van der Waals surface area (Å²) in [6, 6.07) is 16.4. The highest BCUT2D eigenvalue weighted by molar-refractivity contribution is 5.65. The fourth-order valence-electron chi connectivity index (χ4n) is 3.02. The van der Waals surface area contributed by atoms with Gasteiger partial charge in [0.15, 0.2) is 0 Å². The van der Waals surface area contributed by atoms with Crippen molar-refractivity contribution in [3.63, 3.8) is 0 Å². The summed E-state index contributed by atoms with van der Waals surface area (Å²) in [7, 11) is 0. The van der Waals surface area contributed by atoms with Gasteiger partial charge in [-0.1, -0.05) is 111 Å². The minimum Gasteiger partial charge on any atom is -0.381 e. The first kappa shape index (κ1) is 23.5. The summed E-state index contributed by atoms with van der Waals surface area (Å²) < 4.78 is 0. The van der Waals surface area contributed by atoms with Gasteiger partial charge in [-0.25, -0.2) is 0 Å². The molecular weight excluding hydrogens is 374 g/mol. The van der Waals surface area contributed by atoms with Crippen LogP contribution in [0, 0.1) is 11.8 Å². The summed E-state index contributed by atoms with van der Waals surface area (Å²) in [5.41, 5.74) is 6.25. The molecule has 0 radical (unpaired) electrons. The van der Waals surface area contributed by atoms with Crippen molar-refractivity contribution in [2.45, 2.75) is 19.8 Å². The molecule has 0 aliphatic carbocycles. The Morgan fingerprint density at radius 1 is 1.03 bits per heavy atom. The SMILES string of the molecule is C=C/C=C\C(=C/C)CNC(=C)c1ccc(C(C)/C=C\C=C)c(C#Cc2ccccc2)c1. The third kappa shape index (κ3) is 7.53. The molecule has 1 heteroatoms. The zero-order chi connectivity index (χ0) is 22.5. The zero-order valence-corrected chi connectivity index (χ0v) is 18.6. The van der Waals surface area contributed by atoms with Gasteiger partial charge in [-0.05, 0) is 41.8 Å². The van der Waals surface area contributed by atoms with Crippen LogP contribution in [0.1, 0.15) is 42.0 Å². The topological polar surface area (TPSA) is 12.0 Å². The Bertz CT molecular complexity index is 1050. The second-order valence-electron chi connectivity index (χ2n) is 7.12. The maximum atomic E-state index is 4.24. The van der Waals surface area contributed by atoms with Gasteiger partial charge in [0.1, 0.15) is 0 Å². The Hall–Kier alpha value is -3.76. The van der Waals surface area contributed by atoms with Crippen molar-refractivity contribution in [1.29, 1.82) is 0 Å². The van der Waals surface area contributed by atoms with E-state index in [1.54, 1.807) is 12.2 Å². The molecule has 1 N–H and O–H groups in total. The van der Waals surface area contributed by atoms with Gasteiger partial charge in [-0.2, -0.15) is 0 Å². The molecule has 1 unspecified atom stereocenters. The van der Waals surface area contributed by atoms with Crippen LogP contribution in [0.15, 0.2) is 116 Å². The van der Waals surface area contributed by atoms with Crippen molar-refractivity contribution >= 4 is 5.70 Å². The van der Waals surface area contributed by atoms with Gasteiger partial charge < -0.3 is 5.32 Å². The highest BCUT2D eigenvalue weighted by atomic mass is 14.9. The van der Waals surface area contributed by atoms with Crippen LogP contribution in [0.4, 0.5) is 0 Å². The monoisotopic (exact) mass is 405 g/mol. The molecule has 156 valence electrons. The van der Waals surface area contributed by atoms with E-state index in [2.05, 4.69) is 74.2 Å². The number of hydrogen-bond acceptors (Lipinski definition) is 1. The summed E-state index contributed by atoms with van der Waals surface area (Å²) >= 11 is 0. The van der Waals surface area contributed by atoms with E-state index in [1.807, 2.05) is 55.5 Å². The molecule has 0 aromatic heterocycles. The maximum absolute atomic E-state index is 4.24. The standard InChI is InChI=1S/C30H31N/c1-6-9-14-24(4)30-21-20-28(25(5)31-23-26(8-3)15-10-7-2)22-29(30)19-18-27-16-12-11-13-17-27/h6-17,20-22,24,31H,1-2,5,23H2,3-4H3/b14-9-,15-10-,26-8+. The van der Waals surface area contributed by atoms with Crippen LogP contribution in [-0.2, 0) is 0 Å². The smallest absolute Gasteiger partial charge is 0.0397 e. The van der Waals surface area contributed by atoms with Gasteiger partial charge in [0, 0.05) is 29.3 Å². The van der Waals surface area contributed by atoms with Crippen LogP contribution in [0.2, 0.25) is 0 Å². The molecule has 2 rings (SSSR count). The van der Waals surface area contributed by atoms with Crippen molar-refractivity contribution in [2.24, 2.45) is 0 Å². The van der Waals surface area contributed by atoms with Crippen LogP contribution >= 0.6 is 0 Å². The molecule has 0 fully saturated rings. The third-order valence-corrected chi connectivity index (χ3v) is 4.87. The molecular formula is C30H31N. The van der Waals surface area contributed by atoms with Gasteiger partial charge in [-0.3, -0.25) is 0 Å². The van der Waals surface area contributed by atoms with Crippen LogP contribution in [0.25, 0.3) is 5.70 Å². The lowest BCUT2D eigenvalue weighted by Crippen LogP contribution is -2.14. The lowest BCUT2D eigenvalue weighted by molar-refractivity contribution is 0.956. The number of allylic oxidation sites excluding steroid dienone is 6. The van der Waals surface area contributed by atoms with Crippen molar-refractivity contribution in [3.8, 4) is 11.8 Å². The fourth-order valence-corrected chi connectivity index (χ4v) is 3.02. The van der Waals surface area contributed by atoms with E-state index >= 15 is 0 Å². The van der Waals surface area contributed by atoms with Crippen LogP contribution in [0.5, 0.6) is 0 Å². The van der Waals surface area contributed by atoms with Gasteiger partial charge >= 0.3 is 0 Å². The van der Waals surface area contributed by atoms with E-state index in [-0.39, 0.29) is 5.92 Å². The average molecular weight is 406 g/mol. The van der Waals surface area contributed by atoms with Crippen LogP contribution in [-0.4, -0.2) is 6.54 Å². The molecule has 0 aliphatic heterocycles. The molecule has 0 spiro atoms. The number of rotatable bonds is 9. The van der Waals surface area contributed by atoms with E-state index in [9.17, 15) is 0 Å². The number of nitrogens with one attached hydrogen (secondary N) is 1. The molecule has 0 amide bonds. The van der Waals surface area contributed by atoms with E-state index in [0.29, 0.717) is 6.54 Å². The summed E-state index contributed by atoms with van der Waals surface area (Å²) in [6.07, 6.45) is 13.7. The van der Waals surface area contributed by atoms with Gasteiger partial charge in [0.25, 0.3) is 0 Å². The fraction of sp³-hybridized carbons (Fsp3) is 0.133. The molecule has 1 atom stereocenters. The maximum Gasteiger partial charge on any atom is 0.0397 e. The van der Waals surface area contributed by atoms with E-state index < -0.39 is 0 Å². The first-order valence-corrected chi connectivity index (χ1v) is 10.5. The lowest BCUT2D eigenvalue weighted by Gasteiger charge is -2.15. The van der Waals surface area contributed by atoms with Crippen molar-refractivity contribution < 1.29 is 0 Å². The zero-order valence-electron chi connectivity index (χ0n) is 18.6. The molecule has 0 saturated carbocycles. The second kappa shape index (κ2) is 12.7. The first-order chi connectivity index (χ1) is 15.1. The Labute approximate surface area is 187 Å². The largest absolute Gasteiger partial charge is 0.381 e.